The van der Waals surface area contributed by atoms with Crippen LogP contribution in [0.25, 0.3) is 0 Å². The molecule has 110 valence electrons. The molecule has 0 aliphatic carbocycles. The number of nitrogens with two attached hydrogens (primary N) is 1. The summed E-state index contributed by atoms with van der Waals surface area (Å²) in [6, 6.07) is 12.5. The lowest BCUT2D eigenvalue weighted by molar-refractivity contribution is 0.0752. The Balaban J connectivity index is 2.22. The van der Waals surface area contributed by atoms with Crippen LogP contribution in [0.3, 0.4) is 0 Å². The quantitative estimate of drug-likeness (QED) is 0.848. The predicted octanol–water partition coefficient (Wildman–Crippen LogP) is 2.95. The maximum atomic E-state index is 12.5. The highest BCUT2D eigenvalue weighted by atomic mass is 16.3. The molecule has 0 spiro atoms. The molecule has 3 N–H and O–H groups in total. The molecule has 0 aliphatic rings. The van der Waals surface area contributed by atoms with Gasteiger partial charge in [-0.05, 0) is 43.2 Å². The van der Waals surface area contributed by atoms with Crippen LogP contribution in [-0.4, -0.2) is 22.5 Å². The molecule has 2 aromatic rings. The Labute approximate surface area is 124 Å². The van der Waals surface area contributed by atoms with Crippen molar-refractivity contribution in [3.8, 4) is 5.75 Å². The van der Waals surface area contributed by atoms with Crippen molar-refractivity contribution in [1.29, 1.82) is 0 Å². The molecule has 0 radical (unpaired) electrons. The van der Waals surface area contributed by atoms with Crippen molar-refractivity contribution in [2.75, 3.05) is 12.3 Å². The topological polar surface area (TPSA) is 66.6 Å². The van der Waals surface area contributed by atoms with E-state index in [1.54, 1.807) is 24.0 Å². The molecule has 0 saturated heterocycles. The summed E-state index contributed by atoms with van der Waals surface area (Å²) in [6.07, 6.45) is 0. The third kappa shape index (κ3) is 3.34. The molecule has 4 nitrogen and oxygen atoms in total. The predicted molar refractivity (Wildman–Crippen MR) is 84.1 cm³/mol. The van der Waals surface area contributed by atoms with Crippen molar-refractivity contribution in [2.24, 2.45) is 0 Å². The highest BCUT2D eigenvalue weighted by molar-refractivity contribution is 5.94. The third-order valence-corrected chi connectivity index (χ3v) is 3.54. The number of benzene rings is 2. The van der Waals surface area contributed by atoms with Crippen LogP contribution in [0, 0.1) is 6.92 Å². The van der Waals surface area contributed by atoms with Gasteiger partial charge in [0, 0.05) is 24.3 Å². The van der Waals surface area contributed by atoms with E-state index in [4.69, 9.17) is 5.73 Å². The van der Waals surface area contributed by atoms with Crippen molar-refractivity contribution in [3.05, 3.63) is 59.2 Å². The SMILES string of the molecule is CCN(Cc1ccccc1N)C(=O)c1ccc(C)c(O)c1. The first-order valence-corrected chi connectivity index (χ1v) is 6.95. The average Bonchev–Trinajstić information content (AvgIpc) is 2.48. The Bertz CT molecular complexity index is 653. The lowest BCUT2D eigenvalue weighted by atomic mass is 10.1. The summed E-state index contributed by atoms with van der Waals surface area (Å²) in [5.41, 5.74) is 8.76. The number of aromatic hydroxyl groups is 1. The normalized spacial score (nSPS) is 10.4. The number of phenolic OH excluding ortho intramolecular Hbond substituents is 1. The molecular formula is C17H20N2O2. The lowest BCUT2D eigenvalue weighted by Gasteiger charge is -2.22. The zero-order valence-electron chi connectivity index (χ0n) is 12.3. The van der Waals surface area contributed by atoms with Crippen molar-refractivity contribution in [2.45, 2.75) is 20.4 Å². The standard InChI is InChI=1S/C17H20N2O2/c1-3-19(11-14-6-4-5-7-15(14)18)17(21)13-9-8-12(2)16(20)10-13/h4-10,20H,3,11,18H2,1-2H3. The van der Waals surface area contributed by atoms with Gasteiger partial charge in [0.1, 0.15) is 5.75 Å². The molecule has 0 bridgehead atoms. The van der Waals surface area contributed by atoms with E-state index >= 15 is 0 Å². The second-order valence-electron chi connectivity index (χ2n) is 5.02. The molecule has 2 rings (SSSR count). The molecular weight excluding hydrogens is 264 g/mol. The highest BCUT2D eigenvalue weighted by Crippen LogP contribution is 2.20. The van der Waals surface area contributed by atoms with Gasteiger partial charge < -0.3 is 15.7 Å². The number of aryl methyl sites for hydroxylation is 1. The molecule has 0 heterocycles. The summed E-state index contributed by atoms with van der Waals surface area (Å²) in [7, 11) is 0. The summed E-state index contributed by atoms with van der Waals surface area (Å²) in [4.78, 5) is 14.2. The van der Waals surface area contributed by atoms with Gasteiger partial charge in [0.2, 0.25) is 0 Å². The second kappa shape index (κ2) is 6.31. The number of nitrogen functional groups attached to an aromatic ring is 1. The number of hydrogen-bond donors (Lipinski definition) is 2. The Kier molecular flexibility index (Phi) is 4.48. The zero-order valence-corrected chi connectivity index (χ0v) is 12.3. The number of anilines is 1. The van der Waals surface area contributed by atoms with Crippen LogP contribution in [0.15, 0.2) is 42.5 Å². The minimum absolute atomic E-state index is 0.115. The van der Waals surface area contributed by atoms with E-state index in [0.717, 1.165) is 11.1 Å². The van der Waals surface area contributed by atoms with Crippen LogP contribution in [-0.2, 0) is 6.54 Å². The van der Waals surface area contributed by atoms with E-state index in [2.05, 4.69) is 0 Å². The number of hydrogen-bond acceptors (Lipinski definition) is 3. The van der Waals surface area contributed by atoms with E-state index in [-0.39, 0.29) is 11.7 Å². The van der Waals surface area contributed by atoms with E-state index in [0.29, 0.717) is 24.3 Å². The lowest BCUT2D eigenvalue weighted by Crippen LogP contribution is -2.30. The van der Waals surface area contributed by atoms with Crippen molar-refractivity contribution in [1.82, 2.24) is 4.90 Å². The summed E-state index contributed by atoms with van der Waals surface area (Å²) in [5.74, 6) is 0.0205. The molecule has 0 aliphatic heterocycles. The summed E-state index contributed by atoms with van der Waals surface area (Å²) < 4.78 is 0. The summed E-state index contributed by atoms with van der Waals surface area (Å²) >= 11 is 0. The fraction of sp³-hybridized carbons (Fsp3) is 0.235. The van der Waals surface area contributed by atoms with Gasteiger partial charge in [0.15, 0.2) is 0 Å². The van der Waals surface area contributed by atoms with E-state index in [1.807, 2.05) is 31.2 Å². The molecule has 21 heavy (non-hydrogen) atoms. The van der Waals surface area contributed by atoms with Crippen LogP contribution in [0.2, 0.25) is 0 Å². The minimum Gasteiger partial charge on any atom is -0.508 e. The maximum absolute atomic E-state index is 12.5. The molecule has 0 fully saturated rings. The molecule has 0 atom stereocenters. The molecule has 0 unspecified atom stereocenters. The van der Waals surface area contributed by atoms with Gasteiger partial charge >= 0.3 is 0 Å². The molecule has 0 saturated carbocycles. The minimum atomic E-state index is -0.115. The first-order valence-electron chi connectivity index (χ1n) is 6.95. The Hall–Kier alpha value is -2.49. The number of rotatable bonds is 4. The van der Waals surface area contributed by atoms with Crippen LogP contribution >= 0.6 is 0 Å². The second-order valence-corrected chi connectivity index (χ2v) is 5.02. The third-order valence-electron chi connectivity index (χ3n) is 3.54. The zero-order chi connectivity index (χ0) is 15.4. The van der Waals surface area contributed by atoms with Crippen molar-refractivity contribution >= 4 is 11.6 Å². The monoisotopic (exact) mass is 284 g/mol. The number of nitrogens with zero attached hydrogens (tertiary/aromatic N) is 1. The van der Waals surface area contributed by atoms with Crippen LogP contribution < -0.4 is 5.73 Å². The maximum Gasteiger partial charge on any atom is 0.254 e. The number of phenols is 1. The van der Waals surface area contributed by atoms with Gasteiger partial charge in [-0.3, -0.25) is 4.79 Å². The molecule has 4 heteroatoms. The van der Waals surface area contributed by atoms with Crippen LogP contribution in [0.4, 0.5) is 5.69 Å². The smallest absolute Gasteiger partial charge is 0.254 e. The fourth-order valence-corrected chi connectivity index (χ4v) is 2.14. The number of carbonyl (C=O) groups is 1. The number of amides is 1. The van der Waals surface area contributed by atoms with Gasteiger partial charge in [-0.15, -0.1) is 0 Å². The fourth-order valence-electron chi connectivity index (χ4n) is 2.14. The summed E-state index contributed by atoms with van der Waals surface area (Å²) in [6.45, 7) is 4.75. The largest absolute Gasteiger partial charge is 0.508 e. The van der Waals surface area contributed by atoms with Crippen LogP contribution in [0.1, 0.15) is 28.4 Å². The molecule has 1 amide bonds. The first-order chi connectivity index (χ1) is 10.0. The Morgan fingerprint density at radius 2 is 1.95 bits per heavy atom. The number of carbonyl (C=O) groups excluding carboxylic acids is 1. The average molecular weight is 284 g/mol. The first kappa shape index (κ1) is 14.9. The van der Waals surface area contributed by atoms with Gasteiger partial charge in [-0.2, -0.15) is 0 Å². The Morgan fingerprint density at radius 1 is 1.24 bits per heavy atom. The van der Waals surface area contributed by atoms with Gasteiger partial charge in [0.25, 0.3) is 5.91 Å². The van der Waals surface area contributed by atoms with Gasteiger partial charge in [0.05, 0.1) is 0 Å². The van der Waals surface area contributed by atoms with Gasteiger partial charge in [-0.1, -0.05) is 24.3 Å². The van der Waals surface area contributed by atoms with Gasteiger partial charge in [-0.25, -0.2) is 0 Å². The van der Waals surface area contributed by atoms with E-state index < -0.39 is 0 Å². The van der Waals surface area contributed by atoms with E-state index in [1.165, 1.54) is 6.07 Å². The van der Waals surface area contributed by atoms with E-state index in [9.17, 15) is 9.90 Å². The van der Waals surface area contributed by atoms with Crippen molar-refractivity contribution in [3.63, 3.8) is 0 Å². The highest BCUT2D eigenvalue weighted by Gasteiger charge is 2.16. The summed E-state index contributed by atoms with van der Waals surface area (Å²) in [5, 5.41) is 9.75. The Morgan fingerprint density at radius 3 is 2.57 bits per heavy atom. The van der Waals surface area contributed by atoms with Crippen molar-refractivity contribution < 1.29 is 9.90 Å². The number of para-hydroxylation sites is 1. The molecule has 0 aromatic heterocycles. The van der Waals surface area contributed by atoms with Crippen LogP contribution in [0.5, 0.6) is 5.75 Å². The molecule has 2 aromatic carbocycles.